The Bertz CT molecular complexity index is 687. The van der Waals surface area contributed by atoms with Crippen LogP contribution in [0.15, 0.2) is 28.7 Å². The number of amides is 1. The molecule has 1 amide bonds. The van der Waals surface area contributed by atoms with Gasteiger partial charge in [0.25, 0.3) is 5.91 Å². The highest BCUT2D eigenvalue weighted by Gasteiger charge is 2.19. The van der Waals surface area contributed by atoms with E-state index in [4.69, 9.17) is 9.15 Å². The number of nitrogens with one attached hydrogen (secondary N) is 1. The number of aryl methyl sites for hydroxylation is 2. The summed E-state index contributed by atoms with van der Waals surface area (Å²) in [5.41, 5.74) is 2.61. The topological polar surface area (TPSA) is 87.4 Å². The highest BCUT2D eigenvalue weighted by molar-refractivity contribution is 7.91. The second-order valence-electron chi connectivity index (χ2n) is 5.46. The molecule has 1 aromatic carbocycles. The average molecular weight is 350 g/mol. The van der Waals surface area contributed by atoms with Gasteiger partial charge < -0.3 is 19.0 Å². The minimum absolute atomic E-state index is 0.0597. The largest absolute Gasteiger partial charge is 0.616 e. The molecule has 130 valence electrons. The molecule has 0 bridgehead atoms. The second-order valence-corrected chi connectivity index (χ2v) is 6.92. The van der Waals surface area contributed by atoms with Crippen molar-refractivity contribution < 1.29 is 18.5 Å². The van der Waals surface area contributed by atoms with E-state index in [1.165, 1.54) is 0 Å². The summed E-state index contributed by atoms with van der Waals surface area (Å²) >= 11 is -1.34. The molecule has 1 aromatic heterocycles. The zero-order valence-electron chi connectivity index (χ0n) is 14.1. The first kappa shape index (κ1) is 18.5. The summed E-state index contributed by atoms with van der Waals surface area (Å²) in [6.07, 6.45) is 0. The van der Waals surface area contributed by atoms with E-state index in [9.17, 15) is 9.35 Å². The smallest absolute Gasteiger partial charge is 0.270 e. The van der Waals surface area contributed by atoms with Crippen molar-refractivity contribution in [3.8, 4) is 11.5 Å². The van der Waals surface area contributed by atoms with Gasteiger partial charge >= 0.3 is 0 Å². The number of nitrogens with zero attached hydrogens (tertiary/aromatic N) is 1. The highest BCUT2D eigenvalue weighted by Crippen LogP contribution is 2.23. The van der Waals surface area contributed by atoms with Crippen LogP contribution in [0.4, 0.5) is 0 Å². The molecule has 0 aliphatic carbocycles. The molecule has 0 radical (unpaired) electrons. The lowest BCUT2D eigenvalue weighted by Gasteiger charge is -2.09. The van der Waals surface area contributed by atoms with Crippen LogP contribution in [0, 0.1) is 13.8 Å². The van der Waals surface area contributed by atoms with Crippen molar-refractivity contribution in [2.75, 3.05) is 26.0 Å². The summed E-state index contributed by atoms with van der Waals surface area (Å²) in [6.45, 7) is 4.63. The standard InChI is InChI=1S/C17H22N2O4S/c1-12-5-4-6-14(9-12)17-19-15(13(2)23-17)10-24(21)11-16(20)18-7-8-22-3/h4-6,9H,7-8,10-11H2,1-3H3,(H,18,20). The molecule has 0 aliphatic heterocycles. The van der Waals surface area contributed by atoms with Gasteiger partial charge in [0.1, 0.15) is 11.5 Å². The van der Waals surface area contributed by atoms with Crippen LogP contribution in [-0.2, 0) is 26.5 Å². The second kappa shape index (κ2) is 8.86. The molecule has 0 saturated carbocycles. The molecule has 6 nitrogen and oxygen atoms in total. The van der Waals surface area contributed by atoms with Crippen molar-refractivity contribution in [1.29, 1.82) is 0 Å². The van der Waals surface area contributed by atoms with Crippen LogP contribution in [0.1, 0.15) is 17.0 Å². The molecule has 1 N–H and O–H groups in total. The number of aromatic nitrogens is 1. The molecule has 1 heterocycles. The van der Waals surface area contributed by atoms with E-state index in [1.807, 2.05) is 31.2 Å². The van der Waals surface area contributed by atoms with E-state index in [0.29, 0.717) is 30.5 Å². The first-order chi connectivity index (χ1) is 11.5. The number of benzene rings is 1. The number of oxazole rings is 1. The van der Waals surface area contributed by atoms with Gasteiger partial charge in [-0.1, -0.05) is 17.7 Å². The van der Waals surface area contributed by atoms with Crippen LogP contribution >= 0.6 is 0 Å². The van der Waals surface area contributed by atoms with Crippen LogP contribution in [0.2, 0.25) is 0 Å². The van der Waals surface area contributed by atoms with E-state index in [0.717, 1.165) is 11.1 Å². The SMILES string of the molecule is COCCNC(=O)C[S+]([O-])Cc1nc(-c2cccc(C)c2)oc1C. The highest BCUT2D eigenvalue weighted by atomic mass is 32.2. The Balaban J connectivity index is 1.96. The number of carbonyl (C=O) groups excluding carboxylic acids is 1. The Morgan fingerprint density at radius 1 is 1.42 bits per heavy atom. The van der Waals surface area contributed by atoms with E-state index in [2.05, 4.69) is 10.3 Å². The Morgan fingerprint density at radius 3 is 2.92 bits per heavy atom. The van der Waals surface area contributed by atoms with E-state index in [-0.39, 0.29) is 17.4 Å². The van der Waals surface area contributed by atoms with Crippen LogP contribution in [0.25, 0.3) is 11.5 Å². The lowest BCUT2D eigenvalue weighted by atomic mass is 10.1. The van der Waals surface area contributed by atoms with Gasteiger partial charge in [-0.15, -0.1) is 0 Å². The van der Waals surface area contributed by atoms with Crippen molar-refractivity contribution >= 4 is 17.1 Å². The molecular weight excluding hydrogens is 328 g/mol. The van der Waals surface area contributed by atoms with Crippen LogP contribution < -0.4 is 5.32 Å². The number of ether oxygens (including phenoxy) is 1. The Kier molecular flexibility index (Phi) is 6.84. The maximum atomic E-state index is 12.1. The fourth-order valence-corrected chi connectivity index (χ4v) is 3.23. The number of hydrogen-bond acceptors (Lipinski definition) is 5. The first-order valence-corrected chi connectivity index (χ1v) is 9.12. The number of hydrogen-bond donors (Lipinski definition) is 1. The van der Waals surface area contributed by atoms with Crippen molar-refractivity contribution in [1.82, 2.24) is 10.3 Å². The maximum Gasteiger partial charge on any atom is 0.270 e. The summed E-state index contributed by atoms with van der Waals surface area (Å²) in [5, 5.41) is 2.65. The molecule has 0 aliphatic rings. The zero-order chi connectivity index (χ0) is 17.5. The third kappa shape index (κ3) is 5.36. The summed E-state index contributed by atoms with van der Waals surface area (Å²) in [7, 11) is 1.56. The molecule has 2 aromatic rings. The Morgan fingerprint density at radius 2 is 2.21 bits per heavy atom. The molecule has 2 rings (SSSR count). The summed E-state index contributed by atoms with van der Waals surface area (Å²) in [5.74, 6) is 1.01. The number of methoxy groups -OCH3 is 1. The normalized spacial score (nSPS) is 12.2. The van der Waals surface area contributed by atoms with Crippen molar-refractivity contribution in [2.45, 2.75) is 19.6 Å². The van der Waals surface area contributed by atoms with Gasteiger partial charge in [0, 0.05) is 19.2 Å². The van der Waals surface area contributed by atoms with Gasteiger partial charge in [-0.3, -0.25) is 4.79 Å². The Labute approximate surface area is 144 Å². The zero-order valence-corrected chi connectivity index (χ0v) is 14.9. The fourth-order valence-electron chi connectivity index (χ4n) is 2.16. The minimum Gasteiger partial charge on any atom is -0.616 e. The fraction of sp³-hybridized carbons (Fsp3) is 0.412. The molecule has 1 atom stereocenters. The van der Waals surface area contributed by atoms with E-state index < -0.39 is 11.2 Å². The number of rotatable bonds is 8. The molecule has 0 saturated heterocycles. The maximum absolute atomic E-state index is 12.1. The van der Waals surface area contributed by atoms with Gasteiger partial charge in [-0.25, -0.2) is 4.98 Å². The number of carbonyl (C=O) groups is 1. The summed E-state index contributed by atoms with van der Waals surface area (Å²) in [6, 6.07) is 7.83. The van der Waals surface area contributed by atoms with Gasteiger partial charge in [0.15, 0.2) is 11.5 Å². The van der Waals surface area contributed by atoms with Gasteiger partial charge in [0.2, 0.25) is 5.89 Å². The third-order valence-electron chi connectivity index (χ3n) is 3.38. The van der Waals surface area contributed by atoms with Crippen molar-refractivity contribution in [2.24, 2.45) is 0 Å². The van der Waals surface area contributed by atoms with Gasteiger partial charge in [-0.05, 0) is 37.2 Å². The first-order valence-electron chi connectivity index (χ1n) is 7.63. The summed E-state index contributed by atoms with van der Waals surface area (Å²) in [4.78, 5) is 16.1. The molecule has 24 heavy (non-hydrogen) atoms. The monoisotopic (exact) mass is 350 g/mol. The van der Waals surface area contributed by atoms with Gasteiger partial charge in [-0.2, -0.15) is 0 Å². The quantitative estimate of drug-likeness (QED) is 0.581. The van der Waals surface area contributed by atoms with Crippen LogP contribution in [0.3, 0.4) is 0 Å². The molecule has 0 fully saturated rings. The van der Waals surface area contributed by atoms with Gasteiger partial charge in [0.05, 0.1) is 6.61 Å². The van der Waals surface area contributed by atoms with Crippen molar-refractivity contribution in [3.05, 3.63) is 41.3 Å². The molecule has 0 spiro atoms. The minimum atomic E-state index is -1.34. The van der Waals surface area contributed by atoms with Crippen LogP contribution in [0.5, 0.6) is 0 Å². The lowest BCUT2D eigenvalue weighted by Crippen LogP contribution is -2.33. The third-order valence-corrected chi connectivity index (χ3v) is 4.56. The van der Waals surface area contributed by atoms with Crippen LogP contribution in [-0.4, -0.2) is 41.5 Å². The predicted molar refractivity (Wildman–Crippen MR) is 93.0 cm³/mol. The summed E-state index contributed by atoms with van der Waals surface area (Å²) < 4.78 is 22.7. The average Bonchev–Trinajstić information content (AvgIpc) is 2.88. The van der Waals surface area contributed by atoms with E-state index >= 15 is 0 Å². The lowest BCUT2D eigenvalue weighted by molar-refractivity contribution is -0.118. The molecule has 1 unspecified atom stereocenters. The predicted octanol–water partition coefficient (Wildman–Crippen LogP) is 1.97. The Hall–Kier alpha value is -1.83. The van der Waals surface area contributed by atoms with Crippen molar-refractivity contribution in [3.63, 3.8) is 0 Å². The molecule has 7 heteroatoms. The molecular formula is C17H22N2O4S. The van der Waals surface area contributed by atoms with E-state index in [1.54, 1.807) is 14.0 Å².